The van der Waals surface area contributed by atoms with Crippen molar-refractivity contribution in [2.75, 3.05) is 14.2 Å². The first kappa shape index (κ1) is 13.7. The maximum absolute atomic E-state index is 10.5. The Bertz CT molecular complexity index is 477. The van der Waals surface area contributed by atoms with Crippen molar-refractivity contribution < 1.29 is 19.3 Å². The molecular formula is C16H22O4. The fourth-order valence-corrected chi connectivity index (χ4v) is 3.40. The van der Waals surface area contributed by atoms with E-state index in [9.17, 15) is 5.11 Å². The number of ether oxygens (including phenoxy) is 3. The molecule has 110 valence electrons. The molecule has 1 aromatic rings. The molecule has 4 nitrogen and oxygen atoms in total. The van der Waals surface area contributed by atoms with Crippen molar-refractivity contribution in [3.63, 3.8) is 0 Å². The summed E-state index contributed by atoms with van der Waals surface area (Å²) in [4.78, 5) is 0. The fraction of sp³-hybridized carbons (Fsp3) is 0.625. The molecule has 0 unspecified atom stereocenters. The number of aliphatic hydroxyl groups is 1. The van der Waals surface area contributed by atoms with Crippen molar-refractivity contribution in [2.45, 2.75) is 49.9 Å². The van der Waals surface area contributed by atoms with Gasteiger partial charge in [0.1, 0.15) is 17.1 Å². The lowest BCUT2D eigenvalue weighted by molar-refractivity contribution is -0.0672. The van der Waals surface area contributed by atoms with Crippen molar-refractivity contribution >= 4 is 0 Å². The topological polar surface area (TPSA) is 47.9 Å². The highest BCUT2D eigenvalue weighted by atomic mass is 16.5. The van der Waals surface area contributed by atoms with Gasteiger partial charge in [-0.2, -0.15) is 0 Å². The number of aliphatic hydroxyl groups excluding tert-OH is 1. The molecule has 1 spiro atoms. The molecule has 1 aliphatic heterocycles. The number of benzene rings is 1. The summed E-state index contributed by atoms with van der Waals surface area (Å²) >= 11 is 0. The summed E-state index contributed by atoms with van der Waals surface area (Å²) in [7, 11) is 3.39. The van der Waals surface area contributed by atoms with Crippen LogP contribution in [0.1, 0.15) is 43.8 Å². The first-order chi connectivity index (χ1) is 9.65. The normalized spacial score (nSPS) is 32.5. The number of hydrogen-bond donors (Lipinski definition) is 1. The maximum atomic E-state index is 10.5. The highest BCUT2D eigenvalue weighted by molar-refractivity contribution is 5.43. The van der Waals surface area contributed by atoms with Crippen LogP contribution in [-0.2, 0) is 4.74 Å². The van der Waals surface area contributed by atoms with Crippen LogP contribution in [0.2, 0.25) is 0 Å². The van der Waals surface area contributed by atoms with Crippen molar-refractivity contribution in [3.05, 3.63) is 23.8 Å². The average molecular weight is 278 g/mol. The van der Waals surface area contributed by atoms with Gasteiger partial charge in [0.25, 0.3) is 0 Å². The van der Waals surface area contributed by atoms with Crippen LogP contribution in [0.3, 0.4) is 0 Å². The van der Waals surface area contributed by atoms with Gasteiger partial charge in [-0.15, -0.1) is 0 Å². The van der Waals surface area contributed by atoms with E-state index in [1.165, 1.54) is 0 Å². The first-order valence-electron chi connectivity index (χ1n) is 7.23. The summed E-state index contributed by atoms with van der Waals surface area (Å²) in [5.74, 6) is 1.55. The summed E-state index contributed by atoms with van der Waals surface area (Å²) in [5, 5.41) is 10.5. The van der Waals surface area contributed by atoms with E-state index in [0.717, 1.165) is 42.7 Å². The van der Waals surface area contributed by atoms with Crippen molar-refractivity contribution in [1.29, 1.82) is 0 Å². The molecule has 20 heavy (non-hydrogen) atoms. The van der Waals surface area contributed by atoms with Gasteiger partial charge in [0.2, 0.25) is 0 Å². The van der Waals surface area contributed by atoms with Gasteiger partial charge in [0.05, 0.1) is 19.3 Å². The zero-order valence-electron chi connectivity index (χ0n) is 12.1. The van der Waals surface area contributed by atoms with E-state index in [1.54, 1.807) is 14.2 Å². The molecule has 0 amide bonds. The molecule has 1 aromatic carbocycles. The van der Waals surface area contributed by atoms with Gasteiger partial charge < -0.3 is 19.3 Å². The average Bonchev–Trinajstić information content (AvgIpc) is 2.48. The molecule has 1 heterocycles. The van der Waals surface area contributed by atoms with E-state index in [-0.39, 0.29) is 5.60 Å². The molecule has 3 rings (SSSR count). The third kappa shape index (κ3) is 2.38. The Hall–Kier alpha value is -1.26. The smallest absolute Gasteiger partial charge is 0.126 e. The molecule has 4 heteroatoms. The van der Waals surface area contributed by atoms with Gasteiger partial charge >= 0.3 is 0 Å². The standard InChI is InChI=1S/C16H22O4/c1-18-11-5-7-16(8-6-11)10-14(17)13-9-12(19-2)3-4-15(13)20-16/h3-4,9,11,14,17H,5-8,10H2,1-2H3/t11?,14-,16?/m1/s1. The number of rotatable bonds is 2. The summed E-state index contributed by atoms with van der Waals surface area (Å²) in [5.41, 5.74) is 0.611. The van der Waals surface area contributed by atoms with Crippen molar-refractivity contribution in [1.82, 2.24) is 0 Å². The van der Waals surface area contributed by atoms with Crippen LogP contribution in [-0.4, -0.2) is 31.0 Å². The summed E-state index contributed by atoms with van der Waals surface area (Å²) < 4.78 is 16.9. The van der Waals surface area contributed by atoms with Crippen LogP contribution in [0.25, 0.3) is 0 Å². The van der Waals surface area contributed by atoms with Gasteiger partial charge in [-0.25, -0.2) is 0 Å². The highest BCUT2D eigenvalue weighted by Gasteiger charge is 2.43. The van der Waals surface area contributed by atoms with E-state index < -0.39 is 6.10 Å². The van der Waals surface area contributed by atoms with E-state index in [1.807, 2.05) is 18.2 Å². The number of fused-ring (bicyclic) bond motifs is 1. The minimum atomic E-state index is -0.479. The van der Waals surface area contributed by atoms with Gasteiger partial charge in [-0.3, -0.25) is 0 Å². The molecule has 0 saturated heterocycles. The Morgan fingerprint density at radius 3 is 2.65 bits per heavy atom. The van der Waals surface area contributed by atoms with Crippen LogP contribution in [0.15, 0.2) is 18.2 Å². The Kier molecular flexibility index (Phi) is 3.61. The summed E-state index contributed by atoms with van der Waals surface area (Å²) in [6.07, 6.45) is 4.38. The van der Waals surface area contributed by atoms with Crippen LogP contribution in [0.5, 0.6) is 11.5 Å². The molecule has 0 bridgehead atoms. The van der Waals surface area contributed by atoms with Gasteiger partial charge in [-0.05, 0) is 43.9 Å². The van der Waals surface area contributed by atoms with Gasteiger partial charge in [0.15, 0.2) is 0 Å². The quantitative estimate of drug-likeness (QED) is 0.903. The zero-order valence-corrected chi connectivity index (χ0v) is 12.1. The van der Waals surface area contributed by atoms with Crippen molar-refractivity contribution in [2.24, 2.45) is 0 Å². The molecule has 1 atom stereocenters. The highest BCUT2D eigenvalue weighted by Crippen LogP contribution is 2.47. The Balaban J connectivity index is 1.82. The third-order valence-electron chi connectivity index (χ3n) is 4.64. The lowest BCUT2D eigenvalue weighted by atomic mass is 9.77. The lowest BCUT2D eigenvalue weighted by Gasteiger charge is -2.44. The minimum absolute atomic E-state index is 0.226. The Labute approximate surface area is 119 Å². The van der Waals surface area contributed by atoms with E-state index in [0.29, 0.717) is 12.5 Å². The van der Waals surface area contributed by atoms with E-state index in [2.05, 4.69) is 0 Å². The van der Waals surface area contributed by atoms with Gasteiger partial charge in [-0.1, -0.05) is 0 Å². The molecule has 0 aromatic heterocycles. The Morgan fingerprint density at radius 1 is 1.25 bits per heavy atom. The second-order valence-corrected chi connectivity index (χ2v) is 5.84. The number of hydrogen-bond acceptors (Lipinski definition) is 4. The predicted molar refractivity (Wildman–Crippen MR) is 75.2 cm³/mol. The molecule has 2 aliphatic rings. The molecule has 1 aliphatic carbocycles. The van der Waals surface area contributed by atoms with Crippen LogP contribution in [0.4, 0.5) is 0 Å². The largest absolute Gasteiger partial charge is 0.497 e. The molecule has 1 N–H and O–H groups in total. The SMILES string of the molecule is COc1ccc2c(c1)[C@H](O)CC1(CCC(OC)CC1)O2. The molecule has 1 saturated carbocycles. The molecule has 1 fully saturated rings. The van der Waals surface area contributed by atoms with Crippen LogP contribution < -0.4 is 9.47 Å². The predicted octanol–water partition coefficient (Wildman–Crippen LogP) is 2.84. The lowest BCUT2D eigenvalue weighted by Crippen LogP contribution is -2.45. The van der Waals surface area contributed by atoms with Crippen LogP contribution >= 0.6 is 0 Å². The number of methoxy groups -OCH3 is 2. The third-order valence-corrected chi connectivity index (χ3v) is 4.64. The summed E-state index contributed by atoms with van der Waals surface area (Å²) in [6, 6.07) is 5.65. The zero-order chi connectivity index (χ0) is 14.2. The van der Waals surface area contributed by atoms with Crippen LogP contribution in [0, 0.1) is 0 Å². The second kappa shape index (κ2) is 5.26. The first-order valence-corrected chi connectivity index (χ1v) is 7.23. The monoisotopic (exact) mass is 278 g/mol. The summed E-state index contributed by atoms with van der Waals surface area (Å²) in [6.45, 7) is 0. The van der Waals surface area contributed by atoms with Crippen molar-refractivity contribution in [3.8, 4) is 11.5 Å². The maximum Gasteiger partial charge on any atom is 0.126 e. The fourth-order valence-electron chi connectivity index (χ4n) is 3.40. The van der Waals surface area contributed by atoms with E-state index in [4.69, 9.17) is 14.2 Å². The second-order valence-electron chi connectivity index (χ2n) is 5.84. The molecular weight excluding hydrogens is 256 g/mol. The Morgan fingerprint density at radius 2 is 2.00 bits per heavy atom. The van der Waals surface area contributed by atoms with E-state index >= 15 is 0 Å². The van der Waals surface area contributed by atoms with Gasteiger partial charge in [0, 0.05) is 19.1 Å². The molecule has 0 radical (unpaired) electrons. The minimum Gasteiger partial charge on any atom is -0.497 e.